The van der Waals surface area contributed by atoms with Crippen molar-refractivity contribution in [2.75, 3.05) is 13.4 Å². The first-order valence-electron chi connectivity index (χ1n) is 1.48. The predicted molar refractivity (Wildman–Crippen MR) is 22.6 cm³/mol. The summed E-state index contributed by atoms with van der Waals surface area (Å²) >= 11 is 0. The minimum atomic E-state index is -5.12. The Balaban J connectivity index is 4.14. The Morgan fingerprint density at radius 1 is 1.57 bits per heavy atom. The van der Waals surface area contributed by atoms with Crippen LogP contribution in [0.5, 0.6) is 0 Å². The summed E-state index contributed by atoms with van der Waals surface area (Å²) in [6, 6.07) is 0. The van der Waals surface area contributed by atoms with Gasteiger partial charge in [-0.25, -0.2) is 0 Å². The van der Waals surface area contributed by atoms with E-state index in [0.29, 0.717) is 6.26 Å². The van der Waals surface area contributed by atoms with Crippen molar-refractivity contribution in [3.05, 3.63) is 0 Å². The zero-order chi connectivity index (χ0) is 6.15. The van der Waals surface area contributed by atoms with Gasteiger partial charge in [-0.1, -0.05) is 0 Å². The first kappa shape index (κ1) is 7.03. The highest BCUT2D eigenvalue weighted by Gasteiger charge is 1.93. The molecule has 0 saturated heterocycles. The topological polar surface area (TPSA) is 72.4 Å². The van der Waals surface area contributed by atoms with Gasteiger partial charge in [0.15, 0.2) is 0 Å². The van der Waals surface area contributed by atoms with Gasteiger partial charge in [0.25, 0.3) is 0 Å². The van der Waals surface area contributed by atoms with Crippen molar-refractivity contribution in [2.45, 2.75) is 0 Å². The monoisotopic (exact) mass is 126 g/mol. The van der Waals surface area contributed by atoms with Crippen molar-refractivity contribution in [3.63, 3.8) is 0 Å². The molecule has 5 heteroatoms. The van der Waals surface area contributed by atoms with E-state index in [1.807, 2.05) is 0 Å². The smallest absolute Gasteiger partial charge is 0.0485 e. The van der Waals surface area contributed by atoms with Gasteiger partial charge < -0.3 is 13.3 Å². The molecule has 0 aromatic heterocycles. The van der Waals surface area contributed by atoms with Crippen LogP contribution >= 0.6 is 0 Å². The van der Waals surface area contributed by atoms with Gasteiger partial charge in [-0.05, 0) is 6.26 Å². The van der Waals surface area contributed by atoms with Crippen LogP contribution in [0.4, 0.5) is 0 Å². The maximum Gasteiger partial charge on any atom is 0.0485 e. The Morgan fingerprint density at radius 3 is 1.71 bits per heavy atom. The van der Waals surface area contributed by atoms with Crippen molar-refractivity contribution in [2.24, 2.45) is 0 Å². The predicted octanol–water partition coefficient (Wildman–Crippen LogP) is -0.741. The number of hydrogen-bond acceptors (Lipinski definition) is 4. The first-order valence-corrected chi connectivity index (χ1v) is 3.63. The van der Waals surface area contributed by atoms with Crippen LogP contribution in [-0.2, 0) is 14.1 Å². The lowest BCUT2D eigenvalue weighted by Gasteiger charge is -2.49. The molecule has 0 atom stereocenters. The Morgan fingerprint density at radius 2 is 1.71 bits per heavy atom. The average molecular weight is 126 g/mol. The van der Waals surface area contributed by atoms with Gasteiger partial charge in [0.05, 0.1) is 0 Å². The summed E-state index contributed by atoms with van der Waals surface area (Å²) in [7, 11) is -4.29. The maximum absolute atomic E-state index is 9.82. The lowest BCUT2D eigenvalue weighted by molar-refractivity contribution is 0.232. The van der Waals surface area contributed by atoms with Crippen molar-refractivity contribution >= 4 is 9.91 Å². The molecule has 0 N–H and O–H groups in total. The van der Waals surface area contributed by atoms with Crippen molar-refractivity contribution in [3.8, 4) is 0 Å². The highest BCUT2D eigenvalue weighted by atomic mass is 32.3. The van der Waals surface area contributed by atoms with Crippen LogP contribution < -0.4 is 0 Å². The minimum Gasteiger partial charge on any atom is -0.780 e. The molecule has 0 aromatic carbocycles. The molecule has 4 nitrogen and oxygen atoms in total. The second kappa shape index (κ2) is 1.25. The van der Waals surface area contributed by atoms with Gasteiger partial charge >= 0.3 is 0 Å². The van der Waals surface area contributed by atoms with Crippen LogP contribution in [0, 0.1) is 0 Å². The Hall–Kier alpha value is 0.0300. The SMILES string of the molecule is COS(C)(=O)([O-])[O-]. The summed E-state index contributed by atoms with van der Waals surface area (Å²) in [5.41, 5.74) is 0. The normalized spacial score (nSPS) is 18.0. The minimum absolute atomic E-state index is 0.483. The zero-order valence-corrected chi connectivity index (χ0v) is 4.86. The van der Waals surface area contributed by atoms with E-state index in [1.54, 1.807) is 0 Å². The summed E-state index contributed by atoms with van der Waals surface area (Å²) in [4.78, 5) is 0. The summed E-state index contributed by atoms with van der Waals surface area (Å²) in [5, 5.41) is 0. The Bertz CT molecular complexity index is 111. The third-order valence-corrected chi connectivity index (χ3v) is 1.11. The molecule has 0 heterocycles. The van der Waals surface area contributed by atoms with E-state index in [2.05, 4.69) is 4.18 Å². The van der Waals surface area contributed by atoms with E-state index in [9.17, 15) is 13.3 Å². The van der Waals surface area contributed by atoms with Crippen LogP contribution in [0.2, 0.25) is 0 Å². The van der Waals surface area contributed by atoms with Crippen molar-refractivity contribution < 1.29 is 17.5 Å². The average Bonchev–Trinajstić information content (AvgIpc) is 1.32. The van der Waals surface area contributed by atoms with Gasteiger partial charge in [0.2, 0.25) is 0 Å². The van der Waals surface area contributed by atoms with E-state index in [-0.39, 0.29) is 0 Å². The molecule has 0 aliphatic heterocycles. The molecular weight excluding hydrogens is 120 g/mol. The molecule has 0 unspecified atom stereocenters. The van der Waals surface area contributed by atoms with Crippen LogP contribution in [0.25, 0.3) is 0 Å². The van der Waals surface area contributed by atoms with Crippen LogP contribution in [0.3, 0.4) is 0 Å². The third-order valence-electron chi connectivity index (χ3n) is 0.371. The van der Waals surface area contributed by atoms with Gasteiger partial charge in [-0.3, -0.25) is 4.21 Å². The molecule has 0 rings (SSSR count). The molecule has 0 aliphatic rings. The number of rotatable bonds is 1. The molecule has 46 valence electrons. The van der Waals surface area contributed by atoms with Crippen LogP contribution in [0.1, 0.15) is 0 Å². The summed E-state index contributed by atoms with van der Waals surface area (Å²) < 4.78 is 33.0. The van der Waals surface area contributed by atoms with Gasteiger partial charge in [-0.2, -0.15) is 0 Å². The molecule has 0 radical (unpaired) electrons. The summed E-state index contributed by atoms with van der Waals surface area (Å²) in [6.45, 7) is 0. The van der Waals surface area contributed by atoms with E-state index in [4.69, 9.17) is 0 Å². The van der Waals surface area contributed by atoms with E-state index in [0.717, 1.165) is 7.11 Å². The maximum atomic E-state index is 9.82. The highest BCUT2D eigenvalue weighted by molar-refractivity contribution is 8.05. The van der Waals surface area contributed by atoms with E-state index >= 15 is 0 Å². The van der Waals surface area contributed by atoms with E-state index in [1.165, 1.54) is 0 Å². The third kappa shape index (κ3) is 6.03. The zero-order valence-electron chi connectivity index (χ0n) is 4.04. The van der Waals surface area contributed by atoms with Gasteiger partial charge in [0.1, 0.15) is 0 Å². The molecule has 0 aromatic rings. The molecule has 0 spiro atoms. The molecule has 0 saturated carbocycles. The molecule has 0 aliphatic carbocycles. The van der Waals surface area contributed by atoms with Crippen LogP contribution in [0.15, 0.2) is 0 Å². The quantitative estimate of drug-likeness (QED) is 0.463. The first-order chi connectivity index (χ1) is 2.81. The lowest BCUT2D eigenvalue weighted by Crippen LogP contribution is -2.31. The molecule has 0 bridgehead atoms. The summed E-state index contributed by atoms with van der Waals surface area (Å²) in [6.07, 6.45) is 0.483. The lowest BCUT2D eigenvalue weighted by atomic mass is 11.8. The standard InChI is InChI=1S/C2H8O4S/c1-6-7(2,3,4)5/h1-2H3,(H2,3,4,5)/p-2. The van der Waals surface area contributed by atoms with Crippen LogP contribution in [-0.4, -0.2) is 26.7 Å². The largest absolute Gasteiger partial charge is 0.780 e. The fourth-order valence-electron chi connectivity index (χ4n) is 0. The second-order valence-electron chi connectivity index (χ2n) is 1.24. The molecule has 0 fully saturated rings. The van der Waals surface area contributed by atoms with E-state index < -0.39 is 9.91 Å². The Labute approximate surface area is 41.7 Å². The van der Waals surface area contributed by atoms with Gasteiger partial charge in [0, 0.05) is 7.11 Å². The fraction of sp³-hybridized carbons (Fsp3) is 1.00. The van der Waals surface area contributed by atoms with Gasteiger partial charge in [-0.15, -0.1) is 9.91 Å². The summed E-state index contributed by atoms with van der Waals surface area (Å²) in [5.74, 6) is 0. The number of hydrogen-bond donors (Lipinski definition) is 0. The molecule has 0 amide bonds. The Kier molecular flexibility index (Phi) is 1.26. The molecular formula is C2H6O4S-2. The molecule has 7 heavy (non-hydrogen) atoms. The van der Waals surface area contributed by atoms with Crippen molar-refractivity contribution in [1.82, 2.24) is 0 Å². The highest BCUT2D eigenvalue weighted by Crippen LogP contribution is 2.07. The van der Waals surface area contributed by atoms with Crippen molar-refractivity contribution in [1.29, 1.82) is 0 Å². The second-order valence-corrected chi connectivity index (χ2v) is 3.72. The fourth-order valence-corrected chi connectivity index (χ4v) is 0.